The Morgan fingerprint density at radius 1 is 1.22 bits per heavy atom. The van der Waals surface area contributed by atoms with Gasteiger partial charge in [0.1, 0.15) is 6.10 Å². The van der Waals surface area contributed by atoms with Crippen LogP contribution in [0, 0.1) is 0 Å². The minimum Gasteiger partial charge on any atom is -0.372 e. The maximum absolute atomic E-state index is 5.87. The first-order chi connectivity index (χ1) is 8.86. The third kappa shape index (κ3) is 2.97. The lowest BCUT2D eigenvalue weighted by Gasteiger charge is -2.26. The van der Waals surface area contributed by atoms with Gasteiger partial charge >= 0.3 is 0 Å². The maximum Gasteiger partial charge on any atom is 0.104 e. The number of rotatable bonds is 6. The van der Waals surface area contributed by atoms with E-state index in [-0.39, 0.29) is 12.1 Å². The fourth-order valence-electron chi connectivity index (χ4n) is 1.99. The quantitative estimate of drug-likeness (QED) is 0.621. The summed E-state index contributed by atoms with van der Waals surface area (Å²) in [6, 6.07) is 14.3. The molecule has 0 fully saturated rings. The Kier molecular flexibility index (Phi) is 4.90. The summed E-state index contributed by atoms with van der Waals surface area (Å²) in [5, 5.41) is 2.05. The van der Waals surface area contributed by atoms with Gasteiger partial charge in [0.15, 0.2) is 0 Å². The van der Waals surface area contributed by atoms with E-state index in [1.54, 1.807) is 11.3 Å². The molecule has 4 heteroatoms. The van der Waals surface area contributed by atoms with Crippen molar-refractivity contribution in [3.63, 3.8) is 0 Å². The molecule has 0 saturated carbocycles. The van der Waals surface area contributed by atoms with Crippen LogP contribution in [0.4, 0.5) is 0 Å². The summed E-state index contributed by atoms with van der Waals surface area (Å²) in [5.74, 6) is 5.71. The molecule has 0 aliphatic heterocycles. The molecule has 0 radical (unpaired) electrons. The molecular formula is C14H18N2OS. The Hall–Kier alpha value is -1.20. The monoisotopic (exact) mass is 262 g/mol. The fourth-order valence-corrected chi connectivity index (χ4v) is 2.80. The second kappa shape index (κ2) is 6.66. The molecule has 1 aromatic heterocycles. The Morgan fingerprint density at radius 3 is 2.56 bits per heavy atom. The Morgan fingerprint density at radius 2 is 2.00 bits per heavy atom. The van der Waals surface area contributed by atoms with Crippen LogP contribution in [0.15, 0.2) is 47.8 Å². The molecule has 1 heterocycles. The number of nitrogens with one attached hydrogen (secondary N) is 1. The molecule has 3 nitrogen and oxygen atoms in total. The maximum atomic E-state index is 5.87. The molecule has 0 aliphatic rings. The standard InChI is InChI=1S/C14H18N2OS/c1-2-17-14(11-7-4-3-5-8-11)13(16-15)12-9-6-10-18-12/h3-10,13-14,16H,2,15H2,1H3. The minimum atomic E-state index is -0.0696. The van der Waals surface area contributed by atoms with Crippen LogP contribution in [0.2, 0.25) is 0 Å². The van der Waals surface area contributed by atoms with Crippen molar-refractivity contribution < 1.29 is 4.74 Å². The molecule has 3 N–H and O–H groups in total. The van der Waals surface area contributed by atoms with Crippen LogP contribution in [0.5, 0.6) is 0 Å². The molecule has 2 atom stereocenters. The van der Waals surface area contributed by atoms with E-state index in [4.69, 9.17) is 10.6 Å². The van der Waals surface area contributed by atoms with Crippen molar-refractivity contribution >= 4 is 11.3 Å². The minimum absolute atomic E-state index is 0.0210. The van der Waals surface area contributed by atoms with Gasteiger partial charge in [0.2, 0.25) is 0 Å². The van der Waals surface area contributed by atoms with Crippen molar-refractivity contribution in [1.82, 2.24) is 5.43 Å². The zero-order chi connectivity index (χ0) is 12.8. The number of hydrogen-bond donors (Lipinski definition) is 2. The molecule has 18 heavy (non-hydrogen) atoms. The summed E-state index contributed by atoms with van der Waals surface area (Å²) in [4.78, 5) is 1.18. The number of hydrazine groups is 1. The van der Waals surface area contributed by atoms with Crippen molar-refractivity contribution in [3.8, 4) is 0 Å². The van der Waals surface area contributed by atoms with Gasteiger partial charge in [-0.3, -0.25) is 5.84 Å². The predicted molar refractivity (Wildman–Crippen MR) is 75.2 cm³/mol. The van der Waals surface area contributed by atoms with E-state index in [2.05, 4.69) is 23.6 Å². The average molecular weight is 262 g/mol. The molecule has 0 spiro atoms. The highest BCUT2D eigenvalue weighted by atomic mass is 32.1. The van der Waals surface area contributed by atoms with Gasteiger partial charge in [0.05, 0.1) is 6.04 Å². The molecule has 2 aromatic rings. The summed E-state index contributed by atoms with van der Waals surface area (Å²) >= 11 is 1.68. The molecular weight excluding hydrogens is 244 g/mol. The van der Waals surface area contributed by atoms with Crippen LogP contribution in [-0.4, -0.2) is 6.61 Å². The normalized spacial score (nSPS) is 14.3. The van der Waals surface area contributed by atoms with Crippen LogP contribution in [-0.2, 0) is 4.74 Å². The number of hydrogen-bond acceptors (Lipinski definition) is 4. The number of benzene rings is 1. The summed E-state index contributed by atoms with van der Waals surface area (Å²) < 4.78 is 5.87. The number of nitrogens with two attached hydrogens (primary N) is 1. The zero-order valence-corrected chi connectivity index (χ0v) is 11.2. The third-order valence-corrected chi connectivity index (χ3v) is 3.76. The molecule has 0 aliphatic carbocycles. The van der Waals surface area contributed by atoms with Crippen molar-refractivity contribution in [3.05, 3.63) is 58.3 Å². The van der Waals surface area contributed by atoms with Gasteiger partial charge in [-0.05, 0) is 23.9 Å². The molecule has 96 valence electrons. The largest absolute Gasteiger partial charge is 0.372 e. The molecule has 1 aromatic carbocycles. The van der Waals surface area contributed by atoms with Gasteiger partial charge < -0.3 is 4.74 Å². The van der Waals surface area contributed by atoms with Crippen LogP contribution in [0.1, 0.15) is 29.5 Å². The lowest BCUT2D eigenvalue weighted by molar-refractivity contribution is 0.0336. The van der Waals surface area contributed by atoms with Crippen LogP contribution < -0.4 is 11.3 Å². The first kappa shape index (κ1) is 13.2. The molecule has 0 amide bonds. The van der Waals surface area contributed by atoms with Gasteiger partial charge in [0, 0.05) is 11.5 Å². The smallest absolute Gasteiger partial charge is 0.104 e. The van der Waals surface area contributed by atoms with E-state index < -0.39 is 0 Å². The topological polar surface area (TPSA) is 47.3 Å². The zero-order valence-electron chi connectivity index (χ0n) is 10.4. The average Bonchev–Trinajstić information content (AvgIpc) is 2.94. The fraction of sp³-hybridized carbons (Fsp3) is 0.286. The highest BCUT2D eigenvalue weighted by Gasteiger charge is 2.24. The first-order valence-electron chi connectivity index (χ1n) is 6.03. The van der Waals surface area contributed by atoms with Crippen LogP contribution in [0.3, 0.4) is 0 Å². The van der Waals surface area contributed by atoms with Gasteiger partial charge in [-0.15, -0.1) is 11.3 Å². The van der Waals surface area contributed by atoms with E-state index in [1.807, 2.05) is 36.6 Å². The van der Waals surface area contributed by atoms with Gasteiger partial charge in [-0.25, -0.2) is 5.43 Å². The molecule has 2 rings (SSSR count). The summed E-state index contributed by atoms with van der Waals surface area (Å²) in [6.07, 6.45) is -0.0696. The van der Waals surface area contributed by atoms with Gasteiger partial charge in [0.25, 0.3) is 0 Å². The second-order valence-corrected chi connectivity index (χ2v) is 4.93. The summed E-state index contributed by atoms with van der Waals surface area (Å²) in [5.41, 5.74) is 4.01. The van der Waals surface area contributed by atoms with E-state index in [0.717, 1.165) is 5.56 Å². The van der Waals surface area contributed by atoms with Crippen molar-refractivity contribution in [2.45, 2.75) is 19.1 Å². The lowest BCUT2D eigenvalue weighted by atomic mass is 10.0. The van der Waals surface area contributed by atoms with Crippen molar-refractivity contribution in [2.75, 3.05) is 6.61 Å². The van der Waals surface area contributed by atoms with Gasteiger partial charge in [-0.2, -0.15) is 0 Å². The molecule has 0 saturated heterocycles. The van der Waals surface area contributed by atoms with Crippen molar-refractivity contribution in [1.29, 1.82) is 0 Å². The van der Waals surface area contributed by atoms with Gasteiger partial charge in [-0.1, -0.05) is 36.4 Å². The Bertz CT molecular complexity index is 444. The SMILES string of the molecule is CCOC(c1ccccc1)C(NN)c1cccs1. The first-order valence-corrected chi connectivity index (χ1v) is 6.91. The van der Waals surface area contributed by atoms with E-state index in [0.29, 0.717) is 6.61 Å². The van der Waals surface area contributed by atoms with E-state index in [9.17, 15) is 0 Å². The van der Waals surface area contributed by atoms with E-state index in [1.165, 1.54) is 4.88 Å². The highest BCUT2D eigenvalue weighted by Crippen LogP contribution is 2.33. The van der Waals surface area contributed by atoms with E-state index >= 15 is 0 Å². The molecule has 2 unspecified atom stereocenters. The van der Waals surface area contributed by atoms with Crippen LogP contribution >= 0.6 is 11.3 Å². The highest BCUT2D eigenvalue weighted by molar-refractivity contribution is 7.10. The number of thiophene rings is 1. The Labute approximate surface area is 112 Å². The van der Waals surface area contributed by atoms with Crippen molar-refractivity contribution in [2.24, 2.45) is 5.84 Å². The Balaban J connectivity index is 2.28. The molecule has 0 bridgehead atoms. The number of ether oxygens (including phenoxy) is 1. The van der Waals surface area contributed by atoms with Crippen LogP contribution in [0.25, 0.3) is 0 Å². The lowest BCUT2D eigenvalue weighted by Crippen LogP contribution is -2.33. The third-order valence-electron chi connectivity index (χ3n) is 2.81. The predicted octanol–water partition coefficient (Wildman–Crippen LogP) is 3.03. The second-order valence-electron chi connectivity index (χ2n) is 3.95. The summed E-state index contributed by atoms with van der Waals surface area (Å²) in [7, 11) is 0. The summed E-state index contributed by atoms with van der Waals surface area (Å²) in [6.45, 7) is 2.65.